The Morgan fingerprint density at radius 2 is 2.25 bits per heavy atom. The molecule has 130 valence electrons. The van der Waals surface area contributed by atoms with Crippen molar-refractivity contribution >= 4 is 23.5 Å². The van der Waals surface area contributed by atoms with E-state index < -0.39 is 6.04 Å². The van der Waals surface area contributed by atoms with Crippen LogP contribution in [-0.4, -0.2) is 58.1 Å². The maximum atomic E-state index is 12.5. The van der Waals surface area contributed by atoms with Gasteiger partial charge in [-0.05, 0) is 26.3 Å². The molecule has 3 amide bonds. The number of rotatable bonds is 6. The summed E-state index contributed by atoms with van der Waals surface area (Å²) in [5.74, 6) is -0.110. The van der Waals surface area contributed by atoms with Crippen molar-refractivity contribution in [2.45, 2.75) is 26.3 Å². The van der Waals surface area contributed by atoms with Gasteiger partial charge in [-0.3, -0.25) is 24.0 Å². The molecule has 1 saturated heterocycles. The number of anilines is 1. The second-order valence-electron chi connectivity index (χ2n) is 5.72. The van der Waals surface area contributed by atoms with Crippen molar-refractivity contribution in [3.8, 4) is 0 Å². The third-order valence-electron chi connectivity index (χ3n) is 4.00. The van der Waals surface area contributed by atoms with Crippen LogP contribution in [0.3, 0.4) is 0 Å². The van der Waals surface area contributed by atoms with E-state index >= 15 is 0 Å². The maximum absolute atomic E-state index is 12.5. The second kappa shape index (κ2) is 7.29. The van der Waals surface area contributed by atoms with Crippen LogP contribution >= 0.6 is 0 Å². The van der Waals surface area contributed by atoms with Gasteiger partial charge in [-0.1, -0.05) is 6.58 Å². The number of carbonyl (C=O) groups is 3. The molecule has 1 aliphatic heterocycles. The van der Waals surface area contributed by atoms with Crippen LogP contribution in [0, 0.1) is 6.92 Å². The van der Waals surface area contributed by atoms with Crippen molar-refractivity contribution in [2.75, 3.05) is 24.5 Å². The molecule has 0 radical (unpaired) electrons. The van der Waals surface area contributed by atoms with E-state index in [1.54, 1.807) is 23.6 Å². The predicted octanol–water partition coefficient (Wildman–Crippen LogP) is -0.0155. The fraction of sp³-hybridized carbons (Fsp3) is 0.500. The van der Waals surface area contributed by atoms with E-state index in [0.717, 1.165) is 5.69 Å². The average molecular weight is 333 g/mol. The van der Waals surface area contributed by atoms with Crippen LogP contribution < -0.4 is 10.2 Å². The van der Waals surface area contributed by atoms with Crippen molar-refractivity contribution in [3.05, 3.63) is 24.4 Å². The number of likely N-dealkylation sites (N-methyl/N-ethyl adjacent to an activating group) is 1. The van der Waals surface area contributed by atoms with E-state index in [-0.39, 0.29) is 24.3 Å². The minimum Gasteiger partial charge on any atom is -0.343 e. The van der Waals surface area contributed by atoms with Crippen LogP contribution in [0.15, 0.2) is 18.7 Å². The third kappa shape index (κ3) is 3.64. The van der Waals surface area contributed by atoms with E-state index in [1.165, 1.54) is 11.0 Å². The topological polar surface area (TPSA) is 87.5 Å². The van der Waals surface area contributed by atoms with Crippen LogP contribution in [0.4, 0.5) is 5.82 Å². The van der Waals surface area contributed by atoms with Crippen LogP contribution in [0.25, 0.3) is 0 Å². The quantitative estimate of drug-likeness (QED) is 0.742. The number of hydrogen-bond acceptors (Lipinski definition) is 4. The van der Waals surface area contributed by atoms with Gasteiger partial charge in [-0.25, -0.2) is 0 Å². The highest BCUT2D eigenvalue weighted by molar-refractivity contribution is 6.01. The summed E-state index contributed by atoms with van der Waals surface area (Å²) in [6.07, 6.45) is 1.69. The Kier molecular flexibility index (Phi) is 5.38. The lowest BCUT2D eigenvalue weighted by Crippen LogP contribution is -2.46. The van der Waals surface area contributed by atoms with Gasteiger partial charge in [-0.2, -0.15) is 5.10 Å². The van der Waals surface area contributed by atoms with Crippen molar-refractivity contribution < 1.29 is 14.4 Å². The van der Waals surface area contributed by atoms with Gasteiger partial charge in [-0.15, -0.1) is 0 Å². The minimum atomic E-state index is -0.578. The van der Waals surface area contributed by atoms with Gasteiger partial charge in [0.1, 0.15) is 11.9 Å². The number of aromatic nitrogens is 2. The summed E-state index contributed by atoms with van der Waals surface area (Å²) >= 11 is 0. The number of amides is 3. The number of nitrogens with zero attached hydrogens (tertiary/aromatic N) is 4. The summed E-state index contributed by atoms with van der Waals surface area (Å²) in [6.45, 7) is 7.89. The largest absolute Gasteiger partial charge is 0.343 e. The zero-order valence-electron chi connectivity index (χ0n) is 14.3. The number of hydrogen-bond donors (Lipinski definition) is 1. The Balaban J connectivity index is 1.98. The Hall–Kier alpha value is -2.64. The Labute approximate surface area is 141 Å². The monoisotopic (exact) mass is 333 g/mol. The van der Waals surface area contributed by atoms with E-state index in [1.807, 2.05) is 13.0 Å². The Morgan fingerprint density at radius 3 is 2.79 bits per heavy atom. The number of nitrogens with one attached hydrogen (secondary N) is 1. The first-order chi connectivity index (χ1) is 11.4. The van der Waals surface area contributed by atoms with Gasteiger partial charge in [0.2, 0.25) is 11.8 Å². The lowest BCUT2D eigenvalue weighted by molar-refractivity contribution is -0.133. The summed E-state index contributed by atoms with van der Waals surface area (Å²) in [7, 11) is 1.78. The fourth-order valence-corrected chi connectivity index (χ4v) is 2.78. The number of carbonyl (C=O) groups excluding carboxylic acids is 3. The van der Waals surface area contributed by atoms with Crippen LogP contribution in [0.1, 0.15) is 19.0 Å². The predicted molar refractivity (Wildman–Crippen MR) is 89.3 cm³/mol. The SMILES string of the molecule is C=CC(=O)N(CC)CC(=O)NC1CCN(c2cc(C)nn2C)C1=O. The molecule has 0 saturated carbocycles. The van der Waals surface area contributed by atoms with Gasteiger partial charge in [0.05, 0.1) is 12.2 Å². The summed E-state index contributed by atoms with van der Waals surface area (Å²) in [5.41, 5.74) is 0.828. The van der Waals surface area contributed by atoms with Gasteiger partial charge in [0.25, 0.3) is 5.91 Å². The van der Waals surface area contributed by atoms with Gasteiger partial charge < -0.3 is 10.2 Å². The Bertz CT molecular complexity index is 667. The molecule has 2 heterocycles. The summed E-state index contributed by atoms with van der Waals surface area (Å²) < 4.78 is 1.65. The molecule has 0 aromatic carbocycles. The molecular weight excluding hydrogens is 310 g/mol. The molecule has 0 bridgehead atoms. The standard InChI is InChI=1S/C16H23N5O3/c1-5-15(23)20(6-2)10-13(22)17-12-7-8-21(16(12)24)14-9-11(3)18-19(14)4/h5,9,12H,1,6-8,10H2,2-4H3,(H,17,22). The number of aryl methyl sites for hydroxylation is 2. The van der Waals surface area contributed by atoms with E-state index in [9.17, 15) is 14.4 Å². The highest BCUT2D eigenvalue weighted by atomic mass is 16.2. The second-order valence-corrected chi connectivity index (χ2v) is 5.72. The highest BCUT2D eigenvalue weighted by Gasteiger charge is 2.35. The molecule has 2 rings (SSSR count). The van der Waals surface area contributed by atoms with E-state index in [4.69, 9.17) is 0 Å². The molecule has 8 heteroatoms. The van der Waals surface area contributed by atoms with Crippen molar-refractivity contribution in [1.29, 1.82) is 0 Å². The maximum Gasteiger partial charge on any atom is 0.250 e. The van der Waals surface area contributed by atoms with Crippen LogP contribution in [0.2, 0.25) is 0 Å². The molecule has 1 fully saturated rings. The molecule has 0 spiro atoms. The summed E-state index contributed by atoms with van der Waals surface area (Å²) in [4.78, 5) is 39.2. The molecule has 0 aliphatic carbocycles. The molecule has 1 aromatic rings. The summed E-state index contributed by atoms with van der Waals surface area (Å²) in [5, 5.41) is 6.95. The van der Waals surface area contributed by atoms with Gasteiger partial charge in [0.15, 0.2) is 0 Å². The highest BCUT2D eigenvalue weighted by Crippen LogP contribution is 2.21. The first kappa shape index (κ1) is 17.7. The average Bonchev–Trinajstić information content (AvgIpc) is 3.06. The molecule has 24 heavy (non-hydrogen) atoms. The molecule has 8 nitrogen and oxygen atoms in total. The van der Waals surface area contributed by atoms with Gasteiger partial charge >= 0.3 is 0 Å². The normalized spacial score (nSPS) is 17.0. The third-order valence-corrected chi connectivity index (χ3v) is 4.00. The van der Waals surface area contributed by atoms with Crippen molar-refractivity contribution in [1.82, 2.24) is 20.0 Å². The lowest BCUT2D eigenvalue weighted by Gasteiger charge is -2.20. The van der Waals surface area contributed by atoms with Crippen molar-refractivity contribution in [3.63, 3.8) is 0 Å². The minimum absolute atomic E-state index is 0.0873. The van der Waals surface area contributed by atoms with Gasteiger partial charge in [0, 0.05) is 26.2 Å². The molecule has 1 aliphatic rings. The zero-order chi connectivity index (χ0) is 17.9. The van der Waals surface area contributed by atoms with E-state index in [0.29, 0.717) is 25.3 Å². The van der Waals surface area contributed by atoms with Crippen LogP contribution in [-0.2, 0) is 21.4 Å². The molecule has 1 aromatic heterocycles. The molecule has 1 N–H and O–H groups in total. The molecule has 1 unspecified atom stereocenters. The molecule has 1 atom stereocenters. The first-order valence-corrected chi connectivity index (χ1v) is 7.90. The van der Waals surface area contributed by atoms with Crippen LogP contribution in [0.5, 0.6) is 0 Å². The smallest absolute Gasteiger partial charge is 0.250 e. The van der Waals surface area contributed by atoms with Crippen molar-refractivity contribution in [2.24, 2.45) is 7.05 Å². The Morgan fingerprint density at radius 1 is 1.54 bits per heavy atom. The fourth-order valence-electron chi connectivity index (χ4n) is 2.78. The first-order valence-electron chi connectivity index (χ1n) is 7.90. The summed E-state index contributed by atoms with van der Waals surface area (Å²) in [6, 6.07) is 1.26. The van der Waals surface area contributed by atoms with E-state index in [2.05, 4.69) is 17.0 Å². The zero-order valence-corrected chi connectivity index (χ0v) is 14.3. The lowest BCUT2D eigenvalue weighted by atomic mass is 10.2. The molecular formula is C16H23N5O3.